The summed E-state index contributed by atoms with van der Waals surface area (Å²) in [6, 6.07) is 10.4. The Balaban J connectivity index is 1.89. The lowest BCUT2D eigenvalue weighted by Gasteiger charge is -2.20. The van der Waals surface area contributed by atoms with Gasteiger partial charge < -0.3 is 4.74 Å². The van der Waals surface area contributed by atoms with Crippen LogP contribution in [0.3, 0.4) is 0 Å². The minimum absolute atomic E-state index is 0.00982. The molecule has 1 aromatic carbocycles. The molecule has 0 spiro atoms. The highest BCUT2D eigenvalue weighted by molar-refractivity contribution is 7.92. The molecule has 1 aliphatic rings. The number of aromatic nitrogens is 1. The van der Waals surface area contributed by atoms with Gasteiger partial charge >= 0.3 is 5.97 Å². The van der Waals surface area contributed by atoms with Gasteiger partial charge in [0.2, 0.25) is 0 Å². The standard InChI is InChI=1S/C20H22N2O4S/c1-2-3-15-26-19(23)11-10-16-7-6-8-17-12-14-22(20(16)17)27(24,25)18-9-4-5-13-21-18/h4-11,13H,2-3,12,14-15H2,1H3/b11-10+. The number of hydrogen-bond donors (Lipinski definition) is 0. The fourth-order valence-corrected chi connectivity index (χ4v) is 4.43. The Labute approximate surface area is 159 Å². The summed E-state index contributed by atoms with van der Waals surface area (Å²) in [6.07, 6.45) is 6.79. The lowest BCUT2D eigenvalue weighted by atomic mass is 10.1. The van der Waals surface area contributed by atoms with Crippen molar-refractivity contribution in [3.8, 4) is 0 Å². The number of anilines is 1. The van der Waals surface area contributed by atoms with E-state index < -0.39 is 16.0 Å². The highest BCUT2D eigenvalue weighted by atomic mass is 32.2. The summed E-state index contributed by atoms with van der Waals surface area (Å²) in [7, 11) is -3.76. The second-order valence-electron chi connectivity index (χ2n) is 6.20. The average molecular weight is 386 g/mol. The van der Waals surface area contributed by atoms with Crippen LogP contribution in [0, 0.1) is 0 Å². The molecule has 1 aliphatic heterocycles. The van der Waals surface area contributed by atoms with E-state index in [4.69, 9.17) is 4.74 Å². The van der Waals surface area contributed by atoms with Crippen LogP contribution >= 0.6 is 0 Å². The number of benzene rings is 1. The molecule has 27 heavy (non-hydrogen) atoms. The van der Waals surface area contributed by atoms with Crippen molar-refractivity contribution in [3.63, 3.8) is 0 Å². The number of carbonyl (C=O) groups is 1. The molecule has 142 valence electrons. The first-order chi connectivity index (χ1) is 13.0. The fourth-order valence-electron chi connectivity index (χ4n) is 2.96. The van der Waals surface area contributed by atoms with Gasteiger partial charge in [-0.1, -0.05) is 37.6 Å². The van der Waals surface area contributed by atoms with Gasteiger partial charge in [0.05, 0.1) is 12.3 Å². The number of pyridine rings is 1. The molecule has 7 heteroatoms. The number of para-hydroxylation sites is 1. The molecular weight excluding hydrogens is 364 g/mol. The third kappa shape index (κ3) is 4.19. The monoisotopic (exact) mass is 386 g/mol. The Morgan fingerprint density at radius 1 is 1.26 bits per heavy atom. The Hall–Kier alpha value is -2.67. The van der Waals surface area contributed by atoms with Crippen molar-refractivity contribution in [1.29, 1.82) is 0 Å². The molecule has 0 N–H and O–H groups in total. The zero-order valence-electron chi connectivity index (χ0n) is 15.2. The maximum absolute atomic E-state index is 13.0. The fraction of sp³-hybridized carbons (Fsp3) is 0.300. The van der Waals surface area contributed by atoms with Crippen molar-refractivity contribution < 1.29 is 17.9 Å². The molecule has 2 heterocycles. The number of sulfonamides is 1. The van der Waals surface area contributed by atoms with Gasteiger partial charge in [0.15, 0.2) is 5.03 Å². The number of esters is 1. The predicted octanol–water partition coefficient (Wildman–Crippen LogP) is 3.19. The van der Waals surface area contributed by atoms with E-state index in [0.717, 1.165) is 18.4 Å². The Kier molecular flexibility index (Phi) is 5.91. The topological polar surface area (TPSA) is 76.6 Å². The van der Waals surface area contributed by atoms with Gasteiger partial charge in [-0.2, -0.15) is 8.42 Å². The number of ether oxygens (including phenoxy) is 1. The Morgan fingerprint density at radius 2 is 2.11 bits per heavy atom. The number of carbonyl (C=O) groups excluding carboxylic acids is 1. The maximum atomic E-state index is 13.0. The van der Waals surface area contributed by atoms with Crippen molar-refractivity contribution in [3.05, 3.63) is 59.8 Å². The quantitative estimate of drug-likeness (QED) is 0.415. The van der Waals surface area contributed by atoms with E-state index >= 15 is 0 Å². The first-order valence-corrected chi connectivity index (χ1v) is 10.4. The first kappa shape index (κ1) is 19.1. The number of hydrogen-bond acceptors (Lipinski definition) is 5. The van der Waals surface area contributed by atoms with E-state index in [1.807, 2.05) is 19.1 Å². The third-order valence-corrected chi connectivity index (χ3v) is 6.03. The SMILES string of the molecule is CCCCOC(=O)/C=C/c1cccc2c1N(S(=O)(=O)c1ccccn1)CC2. The normalized spacial score (nSPS) is 13.7. The first-order valence-electron chi connectivity index (χ1n) is 8.94. The van der Waals surface area contributed by atoms with E-state index in [9.17, 15) is 13.2 Å². The second-order valence-corrected chi connectivity index (χ2v) is 8.01. The molecule has 6 nitrogen and oxygen atoms in total. The molecule has 0 amide bonds. The number of fused-ring (bicyclic) bond motifs is 1. The van der Waals surface area contributed by atoms with Gasteiger partial charge in [-0.3, -0.25) is 4.31 Å². The van der Waals surface area contributed by atoms with Crippen LogP contribution in [0.1, 0.15) is 30.9 Å². The molecule has 0 aliphatic carbocycles. The molecule has 1 aromatic heterocycles. The van der Waals surface area contributed by atoms with Gasteiger partial charge in [-0.25, -0.2) is 9.78 Å². The van der Waals surface area contributed by atoms with E-state index in [-0.39, 0.29) is 5.03 Å². The minimum Gasteiger partial charge on any atom is -0.463 e. The van der Waals surface area contributed by atoms with E-state index in [1.165, 1.54) is 22.6 Å². The highest BCUT2D eigenvalue weighted by Gasteiger charge is 2.33. The van der Waals surface area contributed by atoms with Crippen LogP contribution in [-0.2, 0) is 26.0 Å². The lowest BCUT2D eigenvalue weighted by Crippen LogP contribution is -2.30. The molecule has 0 radical (unpaired) electrons. The second kappa shape index (κ2) is 8.35. The number of nitrogens with zero attached hydrogens (tertiary/aromatic N) is 2. The van der Waals surface area contributed by atoms with Crippen molar-refractivity contribution >= 4 is 27.8 Å². The van der Waals surface area contributed by atoms with Crippen molar-refractivity contribution in [2.24, 2.45) is 0 Å². The summed E-state index contributed by atoms with van der Waals surface area (Å²) < 4.78 is 32.5. The highest BCUT2D eigenvalue weighted by Crippen LogP contribution is 2.36. The summed E-state index contributed by atoms with van der Waals surface area (Å²) in [6.45, 7) is 2.75. The third-order valence-electron chi connectivity index (χ3n) is 4.32. The largest absolute Gasteiger partial charge is 0.463 e. The van der Waals surface area contributed by atoms with Crippen molar-refractivity contribution in [2.75, 3.05) is 17.5 Å². The average Bonchev–Trinajstić information content (AvgIpc) is 3.13. The van der Waals surface area contributed by atoms with Gasteiger partial charge in [0, 0.05) is 18.8 Å². The molecule has 2 aromatic rings. The molecule has 0 saturated carbocycles. The minimum atomic E-state index is -3.76. The van der Waals surface area contributed by atoms with E-state index in [1.54, 1.807) is 24.3 Å². The van der Waals surface area contributed by atoms with E-state index in [2.05, 4.69) is 4.98 Å². The summed E-state index contributed by atoms with van der Waals surface area (Å²) in [4.78, 5) is 15.8. The smallest absolute Gasteiger partial charge is 0.330 e. The summed E-state index contributed by atoms with van der Waals surface area (Å²) >= 11 is 0. The van der Waals surface area contributed by atoms with Crippen LogP contribution in [0.2, 0.25) is 0 Å². The summed E-state index contributed by atoms with van der Waals surface area (Å²) in [5, 5.41) is 0.00982. The molecular formula is C20H22N2O4S. The van der Waals surface area contributed by atoms with Crippen LogP contribution in [0.4, 0.5) is 5.69 Å². The molecule has 0 unspecified atom stereocenters. The molecule has 3 rings (SSSR count). The van der Waals surface area contributed by atoms with Crippen molar-refractivity contribution in [1.82, 2.24) is 4.98 Å². The lowest BCUT2D eigenvalue weighted by molar-refractivity contribution is -0.137. The molecule has 0 fully saturated rings. The van der Waals surface area contributed by atoms with E-state index in [0.29, 0.717) is 30.8 Å². The number of rotatable bonds is 7. The van der Waals surface area contributed by atoms with Crippen LogP contribution in [0.15, 0.2) is 53.7 Å². The van der Waals surface area contributed by atoms with Crippen LogP contribution in [-0.4, -0.2) is 32.5 Å². The Bertz CT molecular complexity index is 940. The molecule has 0 atom stereocenters. The van der Waals surface area contributed by atoms with Crippen molar-refractivity contribution in [2.45, 2.75) is 31.2 Å². The van der Waals surface area contributed by atoms with Gasteiger partial charge in [0.25, 0.3) is 10.0 Å². The van der Waals surface area contributed by atoms with Crippen LogP contribution in [0.25, 0.3) is 6.08 Å². The maximum Gasteiger partial charge on any atom is 0.330 e. The molecule has 0 bridgehead atoms. The number of unbranched alkanes of at least 4 members (excludes halogenated alkanes) is 1. The Morgan fingerprint density at radius 3 is 2.85 bits per heavy atom. The predicted molar refractivity (Wildman–Crippen MR) is 104 cm³/mol. The van der Waals surface area contributed by atoms with Crippen LogP contribution < -0.4 is 4.31 Å². The summed E-state index contributed by atoms with van der Waals surface area (Å²) in [5.41, 5.74) is 2.19. The zero-order chi connectivity index (χ0) is 19.3. The summed E-state index contributed by atoms with van der Waals surface area (Å²) in [5.74, 6) is -0.432. The van der Waals surface area contributed by atoms with Gasteiger partial charge in [-0.15, -0.1) is 0 Å². The van der Waals surface area contributed by atoms with Gasteiger partial charge in [-0.05, 0) is 42.2 Å². The van der Waals surface area contributed by atoms with Gasteiger partial charge in [0.1, 0.15) is 0 Å². The van der Waals surface area contributed by atoms with Crippen LogP contribution in [0.5, 0.6) is 0 Å². The zero-order valence-corrected chi connectivity index (χ0v) is 16.0. The molecule has 0 saturated heterocycles.